The van der Waals surface area contributed by atoms with Gasteiger partial charge in [0.1, 0.15) is 12.1 Å². The molecule has 1 amide bonds. The van der Waals surface area contributed by atoms with Crippen LogP contribution in [-0.4, -0.2) is 43.6 Å². The second-order valence-corrected chi connectivity index (χ2v) is 8.84. The van der Waals surface area contributed by atoms with Gasteiger partial charge in [-0.25, -0.2) is 14.6 Å². The van der Waals surface area contributed by atoms with Gasteiger partial charge in [0, 0.05) is 37.9 Å². The van der Waals surface area contributed by atoms with Gasteiger partial charge in [-0.1, -0.05) is 60.7 Å². The molecule has 7 nitrogen and oxygen atoms in total. The number of nitrogens with zero attached hydrogens (tertiary/aromatic N) is 6. The number of hydrogen-bond donors (Lipinski definition) is 0. The third kappa shape index (κ3) is 4.69. The van der Waals surface area contributed by atoms with Crippen LogP contribution in [0.25, 0.3) is 5.82 Å². The third-order valence-corrected chi connectivity index (χ3v) is 6.16. The van der Waals surface area contributed by atoms with Crippen molar-refractivity contribution in [2.24, 2.45) is 5.92 Å². The standard InChI is InChI=1S/C27H28N6O/c1-20-13-21(2)33(30-20)26-14-25(28-19-29-26)31-17-24(18-31)27(34)32(15-22-9-5-3-6-10-22)16-23-11-7-4-8-12-23/h3-14,19,24H,15-18H2,1-2H3. The largest absolute Gasteiger partial charge is 0.355 e. The van der Waals surface area contributed by atoms with Crippen LogP contribution >= 0.6 is 0 Å². The van der Waals surface area contributed by atoms with Crippen molar-refractivity contribution in [1.82, 2.24) is 24.6 Å². The van der Waals surface area contributed by atoms with E-state index in [1.165, 1.54) is 0 Å². The van der Waals surface area contributed by atoms with Crippen molar-refractivity contribution in [3.8, 4) is 5.82 Å². The van der Waals surface area contributed by atoms with Gasteiger partial charge >= 0.3 is 0 Å². The first-order chi connectivity index (χ1) is 16.6. The van der Waals surface area contributed by atoms with Crippen LogP contribution in [0.5, 0.6) is 0 Å². The Labute approximate surface area is 199 Å². The molecule has 3 heterocycles. The number of carbonyl (C=O) groups excluding carboxylic acids is 1. The summed E-state index contributed by atoms with van der Waals surface area (Å²) in [5, 5.41) is 4.52. The molecule has 0 radical (unpaired) electrons. The molecule has 34 heavy (non-hydrogen) atoms. The second-order valence-electron chi connectivity index (χ2n) is 8.84. The minimum absolute atomic E-state index is 0.0560. The highest BCUT2D eigenvalue weighted by atomic mass is 16.2. The zero-order valence-corrected chi connectivity index (χ0v) is 19.5. The predicted molar refractivity (Wildman–Crippen MR) is 131 cm³/mol. The van der Waals surface area contributed by atoms with Crippen LogP contribution in [0.2, 0.25) is 0 Å². The molecule has 7 heteroatoms. The molecule has 0 spiro atoms. The van der Waals surface area contributed by atoms with E-state index < -0.39 is 0 Å². The fraction of sp³-hybridized carbons (Fsp3) is 0.259. The van der Waals surface area contributed by atoms with Crippen molar-refractivity contribution >= 4 is 11.7 Å². The lowest BCUT2D eigenvalue weighted by molar-refractivity contribution is -0.137. The van der Waals surface area contributed by atoms with E-state index in [0.29, 0.717) is 26.2 Å². The van der Waals surface area contributed by atoms with Crippen LogP contribution in [-0.2, 0) is 17.9 Å². The van der Waals surface area contributed by atoms with Gasteiger partial charge in [-0.2, -0.15) is 5.10 Å². The molecule has 0 unspecified atom stereocenters. The van der Waals surface area contributed by atoms with Gasteiger partial charge in [0.15, 0.2) is 5.82 Å². The Kier molecular flexibility index (Phi) is 6.08. The molecule has 1 fully saturated rings. The van der Waals surface area contributed by atoms with Crippen LogP contribution in [0.3, 0.4) is 0 Å². The summed E-state index contributed by atoms with van der Waals surface area (Å²) in [5.41, 5.74) is 4.24. The van der Waals surface area contributed by atoms with E-state index in [4.69, 9.17) is 0 Å². The van der Waals surface area contributed by atoms with Crippen LogP contribution in [0, 0.1) is 19.8 Å². The summed E-state index contributed by atoms with van der Waals surface area (Å²) in [7, 11) is 0. The highest BCUT2D eigenvalue weighted by Crippen LogP contribution is 2.26. The lowest BCUT2D eigenvalue weighted by atomic mass is 9.97. The van der Waals surface area contributed by atoms with Crippen LogP contribution < -0.4 is 4.90 Å². The molecule has 2 aromatic heterocycles. The smallest absolute Gasteiger partial charge is 0.229 e. The van der Waals surface area contributed by atoms with Gasteiger partial charge in [-0.15, -0.1) is 0 Å². The predicted octanol–water partition coefficient (Wildman–Crippen LogP) is 3.94. The minimum Gasteiger partial charge on any atom is -0.355 e. The van der Waals surface area contributed by atoms with Crippen molar-refractivity contribution in [2.75, 3.05) is 18.0 Å². The maximum absolute atomic E-state index is 13.5. The summed E-state index contributed by atoms with van der Waals surface area (Å²) in [6.45, 7) is 6.46. The fourth-order valence-electron chi connectivity index (χ4n) is 4.39. The first kappa shape index (κ1) is 21.8. The van der Waals surface area contributed by atoms with E-state index in [1.807, 2.05) is 72.0 Å². The molecule has 1 aliphatic heterocycles. The third-order valence-electron chi connectivity index (χ3n) is 6.16. The van der Waals surface area contributed by atoms with Gasteiger partial charge < -0.3 is 9.80 Å². The molecule has 172 valence electrons. The summed E-state index contributed by atoms with van der Waals surface area (Å²) in [4.78, 5) is 26.4. The van der Waals surface area contributed by atoms with Crippen LogP contribution in [0.1, 0.15) is 22.5 Å². The number of hydrogen-bond acceptors (Lipinski definition) is 5. The molecule has 1 aliphatic rings. The van der Waals surface area contributed by atoms with Crippen LogP contribution in [0.4, 0.5) is 5.82 Å². The summed E-state index contributed by atoms with van der Waals surface area (Å²) >= 11 is 0. The Morgan fingerprint density at radius 2 is 1.47 bits per heavy atom. The number of rotatable bonds is 7. The Morgan fingerprint density at radius 1 is 0.882 bits per heavy atom. The zero-order chi connectivity index (χ0) is 23.5. The highest BCUT2D eigenvalue weighted by Gasteiger charge is 2.36. The molecule has 4 aromatic rings. The van der Waals surface area contributed by atoms with Gasteiger partial charge in [0.2, 0.25) is 5.91 Å². The number of anilines is 1. The molecule has 0 atom stereocenters. The number of carbonyl (C=O) groups is 1. The Hall–Kier alpha value is -4.00. The lowest BCUT2D eigenvalue weighted by Gasteiger charge is -2.41. The topological polar surface area (TPSA) is 67.2 Å². The molecule has 0 saturated carbocycles. The average Bonchev–Trinajstić information content (AvgIpc) is 3.17. The van der Waals surface area contributed by atoms with E-state index in [9.17, 15) is 4.79 Å². The minimum atomic E-state index is -0.0560. The van der Waals surface area contributed by atoms with Crippen molar-refractivity contribution in [3.63, 3.8) is 0 Å². The first-order valence-corrected chi connectivity index (χ1v) is 11.5. The fourth-order valence-corrected chi connectivity index (χ4v) is 4.39. The van der Waals surface area contributed by atoms with Crippen molar-refractivity contribution in [3.05, 3.63) is 102 Å². The Morgan fingerprint density at radius 3 is 2.03 bits per heavy atom. The number of benzene rings is 2. The molecule has 1 saturated heterocycles. The normalized spacial score (nSPS) is 13.5. The molecule has 5 rings (SSSR count). The summed E-state index contributed by atoms with van der Waals surface area (Å²) in [5.74, 6) is 1.68. The van der Waals surface area contributed by atoms with Crippen molar-refractivity contribution in [2.45, 2.75) is 26.9 Å². The van der Waals surface area contributed by atoms with E-state index >= 15 is 0 Å². The summed E-state index contributed by atoms with van der Waals surface area (Å²) in [6.07, 6.45) is 1.56. The maximum atomic E-state index is 13.5. The van der Waals surface area contributed by atoms with E-state index in [0.717, 1.165) is 34.2 Å². The lowest BCUT2D eigenvalue weighted by Crippen LogP contribution is -2.54. The average molecular weight is 453 g/mol. The van der Waals surface area contributed by atoms with Gasteiger partial charge in [0.05, 0.1) is 11.6 Å². The van der Waals surface area contributed by atoms with Crippen LogP contribution in [0.15, 0.2) is 79.1 Å². The van der Waals surface area contributed by atoms with E-state index in [2.05, 4.69) is 44.2 Å². The summed E-state index contributed by atoms with van der Waals surface area (Å²) < 4.78 is 1.82. The van der Waals surface area contributed by atoms with E-state index in [1.54, 1.807) is 6.33 Å². The molecule has 0 aliphatic carbocycles. The maximum Gasteiger partial charge on any atom is 0.229 e. The molecule has 2 aromatic carbocycles. The van der Waals surface area contributed by atoms with Gasteiger partial charge in [0.25, 0.3) is 0 Å². The molecule has 0 N–H and O–H groups in total. The number of amides is 1. The second kappa shape index (κ2) is 9.47. The summed E-state index contributed by atoms with van der Waals surface area (Å²) in [6, 6.07) is 24.3. The Balaban J connectivity index is 1.29. The van der Waals surface area contributed by atoms with E-state index in [-0.39, 0.29) is 11.8 Å². The molecular weight excluding hydrogens is 424 g/mol. The first-order valence-electron chi connectivity index (χ1n) is 11.5. The SMILES string of the molecule is Cc1cc(C)n(-c2cc(N3CC(C(=O)N(Cc4ccccc4)Cc4ccccc4)C3)ncn2)n1. The van der Waals surface area contributed by atoms with Crippen molar-refractivity contribution in [1.29, 1.82) is 0 Å². The van der Waals surface area contributed by atoms with Crippen molar-refractivity contribution < 1.29 is 4.79 Å². The highest BCUT2D eigenvalue weighted by molar-refractivity contribution is 5.82. The Bertz CT molecular complexity index is 1220. The van der Waals surface area contributed by atoms with Gasteiger partial charge in [-0.05, 0) is 31.0 Å². The molecule has 0 bridgehead atoms. The number of aryl methyl sites for hydroxylation is 2. The number of aromatic nitrogens is 4. The molecular formula is C27H28N6O. The monoisotopic (exact) mass is 452 g/mol. The quantitative estimate of drug-likeness (QED) is 0.425. The van der Waals surface area contributed by atoms with Gasteiger partial charge in [-0.3, -0.25) is 4.79 Å². The zero-order valence-electron chi connectivity index (χ0n) is 19.5.